The third kappa shape index (κ3) is 3.35. The first-order valence-corrected chi connectivity index (χ1v) is 10.7. The lowest BCUT2D eigenvalue weighted by molar-refractivity contribution is -0.140. The van der Waals surface area contributed by atoms with Gasteiger partial charge in [-0.15, -0.1) is 0 Å². The maximum atomic E-state index is 12.2. The van der Waals surface area contributed by atoms with E-state index in [0.717, 1.165) is 22.3 Å². The summed E-state index contributed by atoms with van der Waals surface area (Å²) in [4.78, 5) is 23.6. The zero-order valence-electron chi connectivity index (χ0n) is 14.9. The van der Waals surface area contributed by atoms with Gasteiger partial charge in [-0.3, -0.25) is 0 Å². The van der Waals surface area contributed by atoms with E-state index in [1.54, 1.807) is 0 Å². The summed E-state index contributed by atoms with van der Waals surface area (Å²) in [6, 6.07) is 14.5. The molecule has 2 aromatic rings. The summed E-state index contributed by atoms with van der Waals surface area (Å²) in [5.74, 6) is -2.52. The van der Waals surface area contributed by atoms with Crippen molar-refractivity contribution in [2.24, 2.45) is 5.92 Å². The van der Waals surface area contributed by atoms with Crippen LogP contribution in [0.5, 0.6) is 0 Å². The number of nitrogens with one attached hydrogen (secondary N) is 1. The molecule has 146 valence electrons. The molecule has 7 nitrogen and oxygen atoms in total. The Morgan fingerprint density at radius 3 is 2.07 bits per heavy atom. The number of sulfone groups is 1. The van der Waals surface area contributed by atoms with Crippen LogP contribution in [0.25, 0.3) is 11.1 Å². The number of hydrogen-bond acceptors (Lipinski definition) is 5. The molecule has 1 aliphatic heterocycles. The molecule has 8 heteroatoms. The monoisotopic (exact) mass is 401 g/mol. The van der Waals surface area contributed by atoms with Crippen molar-refractivity contribution in [3.05, 3.63) is 59.7 Å². The zero-order valence-corrected chi connectivity index (χ0v) is 15.7. The maximum absolute atomic E-state index is 12.2. The Bertz CT molecular complexity index is 991. The van der Waals surface area contributed by atoms with Crippen molar-refractivity contribution < 1.29 is 27.9 Å². The molecule has 28 heavy (non-hydrogen) atoms. The second-order valence-corrected chi connectivity index (χ2v) is 9.28. The fourth-order valence-corrected chi connectivity index (χ4v) is 5.54. The number of carbonyl (C=O) groups excluding carboxylic acids is 1. The average Bonchev–Trinajstić information content (AvgIpc) is 2.96. The highest BCUT2D eigenvalue weighted by Crippen LogP contribution is 2.44. The van der Waals surface area contributed by atoms with Crippen LogP contribution in [0.4, 0.5) is 4.79 Å². The van der Waals surface area contributed by atoms with E-state index >= 15 is 0 Å². The van der Waals surface area contributed by atoms with Crippen LogP contribution >= 0.6 is 0 Å². The highest BCUT2D eigenvalue weighted by Gasteiger charge is 2.43. The van der Waals surface area contributed by atoms with Gasteiger partial charge in [0.05, 0.1) is 11.5 Å². The maximum Gasteiger partial charge on any atom is 0.407 e. The van der Waals surface area contributed by atoms with Crippen LogP contribution in [0, 0.1) is 5.92 Å². The van der Waals surface area contributed by atoms with Gasteiger partial charge in [0, 0.05) is 11.8 Å². The molecule has 0 aromatic heterocycles. The zero-order chi connectivity index (χ0) is 19.9. The van der Waals surface area contributed by atoms with E-state index in [1.807, 2.05) is 48.5 Å². The molecule has 1 heterocycles. The van der Waals surface area contributed by atoms with Crippen molar-refractivity contribution in [3.63, 3.8) is 0 Å². The van der Waals surface area contributed by atoms with Crippen LogP contribution in [0.3, 0.4) is 0 Å². The molecule has 0 bridgehead atoms. The molecule has 1 aliphatic carbocycles. The minimum Gasteiger partial charge on any atom is -0.480 e. The Morgan fingerprint density at radius 2 is 1.57 bits per heavy atom. The molecule has 1 amide bonds. The smallest absolute Gasteiger partial charge is 0.407 e. The predicted octanol–water partition coefficient (Wildman–Crippen LogP) is 2.02. The van der Waals surface area contributed by atoms with E-state index in [9.17, 15) is 23.1 Å². The Kier molecular flexibility index (Phi) is 4.58. The lowest BCUT2D eigenvalue weighted by atomic mass is 9.98. The number of carboxylic acid groups (broad SMARTS) is 1. The first-order chi connectivity index (χ1) is 13.4. The predicted molar refractivity (Wildman–Crippen MR) is 102 cm³/mol. The van der Waals surface area contributed by atoms with Gasteiger partial charge in [-0.25, -0.2) is 18.0 Å². The summed E-state index contributed by atoms with van der Waals surface area (Å²) >= 11 is 0. The SMILES string of the molecule is O=C(NC(C(=O)O)C1CS(=O)(=O)C1)OCC1c2ccccc2-c2ccccc21. The molecule has 2 aromatic carbocycles. The van der Waals surface area contributed by atoms with Crippen molar-refractivity contribution in [2.45, 2.75) is 12.0 Å². The van der Waals surface area contributed by atoms with E-state index in [4.69, 9.17) is 4.74 Å². The minimum atomic E-state index is -3.19. The highest BCUT2D eigenvalue weighted by molar-refractivity contribution is 7.92. The number of alkyl carbamates (subject to hydrolysis) is 1. The summed E-state index contributed by atoms with van der Waals surface area (Å²) in [7, 11) is -3.19. The number of amides is 1. The number of fused-ring (bicyclic) bond motifs is 3. The Labute approximate surface area is 162 Å². The fourth-order valence-electron chi connectivity index (χ4n) is 3.94. The molecular weight excluding hydrogens is 382 g/mol. The topological polar surface area (TPSA) is 110 Å². The molecule has 0 radical (unpaired) electrons. The molecule has 2 N–H and O–H groups in total. The number of ether oxygens (including phenoxy) is 1. The number of hydrogen-bond donors (Lipinski definition) is 2. The van der Waals surface area contributed by atoms with Gasteiger partial charge in [0.2, 0.25) is 0 Å². The molecule has 1 fully saturated rings. The third-order valence-corrected chi connectivity index (χ3v) is 7.16. The molecule has 4 rings (SSSR count). The van der Waals surface area contributed by atoms with Crippen LogP contribution < -0.4 is 5.32 Å². The fraction of sp³-hybridized carbons (Fsp3) is 0.300. The normalized spacial score (nSPS) is 18.4. The van der Waals surface area contributed by atoms with Gasteiger partial charge in [0.15, 0.2) is 9.84 Å². The molecule has 1 saturated heterocycles. The van der Waals surface area contributed by atoms with Gasteiger partial charge >= 0.3 is 12.1 Å². The Morgan fingerprint density at radius 1 is 1.04 bits per heavy atom. The molecule has 0 spiro atoms. The van der Waals surface area contributed by atoms with Crippen molar-refractivity contribution in [3.8, 4) is 11.1 Å². The van der Waals surface area contributed by atoms with Crippen LogP contribution in [0.1, 0.15) is 17.0 Å². The van der Waals surface area contributed by atoms with Crippen LogP contribution in [0.2, 0.25) is 0 Å². The van der Waals surface area contributed by atoms with Gasteiger partial charge in [-0.2, -0.15) is 0 Å². The minimum absolute atomic E-state index is 0.0646. The first kappa shape index (κ1) is 18.5. The van der Waals surface area contributed by atoms with Gasteiger partial charge in [-0.1, -0.05) is 48.5 Å². The summed E-state index contributed by atoms with van der Waals surface area (Å²) in [5.41, 5.74) is 4.29. The van der Waals surface area contributed by atoms with Crippen molar-refractivity contribution >= 4 is 21.9 Å². The van der Waals surface area contributed by atoms with Gasteiger partial charge < -0.3 is 15.2 Å². The van der Waals surface area contributed by atoms with E-state index < -0.39 is 33.9 Å². The second kappa shape index (κ2) is 6.94. The van der Waals surface area contributed by atoms with Crippen LogP contribution in [-0.4, -0.2) is 49.7 Å². The molecular formula is C20H19NO6S. The lowest BCUT2D eigenvalue weighted by Crippen LogP contribution is -2.55. The second-order valence-electron chi connectivity index (χ2n) is 7.12. The van der Waals surface area contributed by atoms with Crippen molar-refractivity contribution in [1.82, 2.24) is 5.32 Å². The Hall–Kier alpha value is -2.87. The highest BCUT2D eigenvalue weighted by atomic mass is 32.2. The third-order valence-electron chi connectivity index (χ3n) is 5.29. The molecule has 1 atom stereocenters. The number of carbonyl (C=O) groups is 2. The van der Waals surface area contributed by atoms with Gasteiger partial charge in [-0.05, 0) is 22.3 Å². The molecule has 0 saturated carbocycles. The first-order valence-electron chi connectivity index (χ1n) is 8.90. The summed E-state index contributed by atoms with van der Waals surface area (Å²) in [5, 5.41) is 11.6. The van der Waals surface area contributed by atoms with Crippen molar-refractivity contribution in [1.29, 1.82) is 0 Å². The van der Waals surface area contributed by atoms with Crippen molar-refractivity contribution in [2.75, 3.05) is 18.1 Å². The van der Waals surface area contributed by atoms with E-state index in [2.05, 4.69) is 5.32 Å². The summed E-state index contributed by atoms with van der Waals surface area (Å²) in [6.07, 6.45) is -0.862. The molecule has 2 aliphatic rings. The summed E-state index contributed by atoms with van der Waals surface area (Å²) < 4.78 is 27.9. The quantitative estimate of drug-likeness (QED) is 0.793. The Balaban J connectivity index is 1.44. The lowest BCUT2D eigenvalue weighted by Gasteiger charge is -2.31. The number of benzene rings is 2. The van der Waals surface area contributed by atoms with Gasteiger partial charge in [0.1, 0.15) is 12.6 Å². The van der Waals surface area contributed by atoms with Crippen LogP contribution in [0.15, 0.2) is 48.5 Å². The largest absolute Gasteiger partial charge is 0.480 e. The summed E-state index contributed by atoms with van der Waals surface area (Å²) in [6.45, 7) is 0.0646. The number of rotatable bonds is 5. The van der Waals surface area contributed by atoms with Gasteiger partial charge in [0.25, 0.3) is 0 Å². The number of aliphatic carboxylic acids is 1. The van der Waals surface area contributed by atoms with E-state index in [0.29, 0.717) is 0 Å². The van der Waals surface area contributed by atoms with E-state index in [1.165, 1.54) is 0 Å². The number of carboxylic acids is 1. The van der Waals surface area contributed by atoms with E-state index in [-0.39, 0.29) is 24.0 Å². The average molecular weight is 401 g/mol. The molecule has 1 unspecified atom stereocenters. The standard InChI is InChI=1S/C20H19NO6S/c22-19(23)18(12-10-28(25,26)11-12)21-20(24)27-9-17-15-7-3-1-5-13(15)14-6-2-4-8-16(14)17/h1-8,12,17-18H,9-11H2,(H,21,24)(H,22,23). The van der Waals surface area contributed by atoms with Crippen LogP contribution in [-0.2, 0) is 19.4 Å².